The second-order valence-corrected chi connectivity index (χ2v) is 12.1. The number of carboxylic acid groups (broad SMARTS) is 1. The van der Waals surface area contributed by atoms with E-state index in [-0.39, 0.29) is 12.2 Å². The van der Waals surface area contributed by atoms with Crippen LogP contribution in [0.15, 0.2) is 36.9 Å². The van der Waals surface area contributed by atoms with Crippen LogP contribution in [0.5, 0.6) is 0 Å². The number of nitrogens with two attached hydrogens (primary N) is 1. The number of ether oxygens (including phenoxy) is 1. The van der Waals surface area contributed by atoms with Crippen LogP contribution in [0.1, 0.15) is 40.2 Å². The molecule has 190 valence electrons. The van der Waals surface area contributed by atoms with E-state index in [1.807, 2.05) is 32.9 Å². The van der Waals surface area contributed by atoms with Gasteiger partial charge in [-0.05, 0) is 52.3 Å². The summed E-state index contributed by atoms with van der Waals surface area (Å²) < 4.78 is 21.8. The standard InChI is InChI=1S/C22H31ClN7O4P/c1-14(10-30-12-27-17-18(24)25-11-26-19(17)30)34-13-35(33,29-22(4,5)20(31)32)28-21(2,3)15-6-8-16(23)9-7-15/h6-9,11-12,14H,10,13H2,1-5H3,(H,31,32)(H2,24,25,26)(H2,28,29,33)/t14-,35+/m1/s1. The number of hydrogen-bond donors (Lipinski definition) is 4. The van der Waals surface area contributed by atoms with Crippen LogP contribution in [0, 0.1) is 0 Å². The molecule has 35 heavy (non-hydrogen) atoms. The zero-order chi connectivity index (χ0) is 26.0. The van der Waals surface area contributed by atoms with Crippen molar-refractivity contribution >= 4 is 42.0 Å². The van der Waals surface area contributed by atoms with E-state index in [0.29, 0.717) is 22.7 Å². The Kier molecular flexibility index (Phi) is 7.88. The van der Waals surface area contributed by atoms with E-state index in [9.17, 15) is 14.5 Å². The molecule has 0 fully saturated rings. The Bertz CT molecular complexity index is 1250. The Morgan fingerprint density at radius 2 is 1.86 bits per heavy atom. The molecule has 0 unspecified atom stereocenters. The number of fused-ring (bicyclic) bond motifs is 1. The molecule has 0 spiro atoms. The average Bonchev–Trinajstić information content (AvgIpc) is 3.16. The van der Waals surface area contributed by atoms with Gasteiger partial charge in [-0.1, -0.05) is 23.7 Å². The van der Waals surface area contributed by atoms with Gasteiger partial charge in [-0.2, -0.15) is 0 Å². The maximum Gasteiger partial charge on any atom is 0.323 e. The molecular weight excluding hydrogens is 493 g/mol. The van der Waals surface area contributed by atoms with Crippen LogP contribution in [0.2, 0.25) is 5.02 Å². The smallest absolute Gasteiger partial charge is 0.323 e. The molecule has 0 saturated heterocycles. The highest BCUT2D eigenvalue weighted by Crippen LogP contribution is 2.44. The molecule has 0 radical (unpaired) electrons. The fourth-order valence-electron chi connectivity index (χ4n) is 3.57. The number of carboxylic acids is 1. The number of nitrogens with zero attached hydrogens (tertiary/aromatic N) is 4. The van der Waals surface area contributed by atoms with E-state index < -0.39 is 30.6 Å². The summed E-state index contributed by atoms with van der Waals surface area (Å²) >= 11 is 6.01. The first-order valence-electron chi connectivity index (χ1n) is 10.9. The average molecular weight is 524 g/mol. The molecule has 0 aliphatic rings. The molecule has 0 saturated carbocycles. The molecule has 2 heterocycles. The van der Waals surface area contributed by atoms with E-state index in [4.69, 9.17) is 22.1 Å². The summed E-state index contributed by atoms with van der Waals surface area (Å²) in [4.78, 5) is 24.2. The number of aromatic nitrogens is 4. The molecule has 3 rings (SSSR count). The summed E-state index contributed by atoms with van der Waals surface area (Å²) in [5.41, 5.74) is 5.46. The molecule has 2 atom stereocenters. The highest BCUT2D eigenvalue weighted by atomic mass is 35.5. The van der Waals surface area contributed by atoms with Gasteiger partial charge in [0.1, 0.15) is 23.7 Å². The predicted octanol–water partition coefficient (Wildman–Crippen LogP) is 3.60. The van der Waals surface area contributed by atoms with Crippen LogP contribution in [0.25, 0.3) is 11.2 Å². The Morgan fingerprint density at radius 1 is 1.20 bits per heavy atom. The topological polar surface area (TPSA) is 157 Å². The van der Waals surface area contributed by atoms with E-state index >= 15 is 0 Å². The van der Waals surface area contributed by atoms with Crippen molar-refractivity contribution in [3.05, 3.63) is 47.5 Å². The van der Waals surface area contributed by atoms with Crippen molar-refractivity contribution in [3.63, 3.8) is 0 Å². The van der Waals surface area contributed by atoms with Crippen LogP contribution in [-0.2, 0) is 26.2 Å². The van der Waals surface area contributed by atoms with Gasteiger partial charge >= 0.3 is 5.97 Å². The Hall–Kier alpha value is -2.56. The van der Waals surface area contributed by atoms with E-state index in [1.54, 1.807) is 23.0 Å². The van der Waals surface area contributed by atoms with Gasteiger partial charge in [0.15, 0.2) is 11.5 Å². The summed E-state index contributed by atoms with van der Waals surface area (Å²) in [7, 11) is -3.60. The Morgan fingerprint density at radius 3 is 2.49 bits per heavy atom. The third kappa shape index (κ3) is 6.56. The third-order valence-electron chi connectivity index (χ3n) is 5.44. The van der Waals surface area contributed by atoms with Gasteiger partial charge in [0.25, 0.3) is 0 Å². The number of aliphatic carboxylic acids is 1. The number of anilines is 1. The van der Waals surface area contributed by atoms with Crippen molar-refractivity contribution in [1.82, 2.24) is 29.7 Å². The zero-order valence-corrected chi connectivity index (χ0v) is 22.0. The van der Waals surface area contributed by atoms with Crippen molar-refractivity contribution in [2.24, 2.45) is 0 Å². The zero-order valence-electron chi connectivity index (χ0n) is 20.3. The van der Waals surface area contributed by atoms with E-state index in [1.165, 1.54) is 20.2 Å². The first kappa shape index (κ1) is 27.0. The predicted molar refractivity (Wildman–Crippen MR) is 135 cm³/mol. The van der Waals surface area contributed by atoms with E-state index in [0.717, 1.165) is 5.56 Å². The lowest BCUT2D eigenvalue weighted by molar-refractivity contribution is -0.142. The maximum absolute atomic E-state index is 14.1. The van der Waals surface area contributed by atoms with Gasteiger partial charge in [0.2, 0.25) is 7.44 Å². The van der Waals surface area contributed by atoms with Gasteiger partial charge < -0.3 is 20.1 Å². The molecule has 13 heteroatoms. The first-order valence-corrected chi connectivity index (χ1v) is 13.2. The molecule has 0 aliphatic carbocycles. The number of halogens is 1. The minimum atomic E-state index is -3.60. The van der Waals surface area contributed by atoms with Crippen molar-refractivity contribution in [2.75, 3.05) is 12.1 Å². The molecule has 2 aromatic heterocycles. The van der Waals surface area contributed by atoms with Crippen LogP contribution in [0.4, 0.5) is 5.82 Å². The van der Waals surface area contributed by atoms with Crippen molar-refractivity contribution in [1.29, 1.82) is 0 Å². The van der Waals surface area contributed by atoms with Crippen molar-refractivity contribution < 1.29 is 19.2 Å². The highest BCUT2D eigenvalue weighted by molar-refractivity contribution is 7.59. The quantitative estimate of drug-likeness (QED) is 0.274. The lowest BCUT2D eigenvalue weighted by Crippen LogP contribution is -2.50. The number of nitrogens with one attached hydrogen (secondary N) is 2. The minimum Gasteiger partial charge on any atom is -0.480 e. The van der Waals surface area contributed by atoms with Crippen LogP contribution < -0.4 is 15.9 Å². The largest absolute Gasteiger partial charge is 0.480 e. The molecule has 0 amide bonds. The number of hydrogen-bond acceptors (Lipinski definition) is 7. The molecule has 5 N–H and O–H groups in total. The number of nitrogen functional groups attached to an aromatic ring is 1. The second kappa shape index (κ2) is 10.2. The molecule has 0 bridgehead atoms. The molecule has 0 aliphatic heterocycles. The van der Waals surface area contributed by atoms with Gasteiger partial charge in [-0.3, -0.25) is 9.36 Å². The van der Waals surface area contributed by atoms with Gasteiger partial charge in [-0.15, -0.1) is 0 Å². The van der Waals surface area contributed by atoms with Crippen molar-refractivity contribution in [2.45, 2.75) is 58.3 Å². The van der Waals surface area contributed by atoms with E-state index in [2.05, 4.69) is 25.1 Å². The summed E-state index contributed by atoms with van der Waals surface area (Å²) in [6.07, 6.45) is 2.28. The highest BCUT2D eigenvalue weighted by Gasteiger charge is 2.40. The summed E-state index contributed by atoms with van der Waals surface area (Å²) in [6.45, 7) is 8.77. The summed E-state index contributed by atoms with van der Waals surface area (Å²) in [5.74, 6) is -0.861. The Labute approximate surface area is 208 Å². The fourth-order valence-corrected chi connectivity index (χ4v) is 6.37. The van der Waals surface area contributed by atoms with Crippen LogP contribution >= 0.6 is 19.0 Å². The summed E-state index contributed by atoms with van der Waals surface area (Å²) in [6, 6.07) is 7.13. The van der Waals surface area contributed by atoms with Crippen LogP contribution in [-0.4, -0.2) is 48.6 Å². The number of carbonyl (C=O) groups is 1. The maximum atomic E-state index is 14.1. The first-order chi connectivity index (χ1) is 16.2. The number of imidazole rings is 1. The van der Waals surface area contributed by atoms with Gasteiger partial charge in [-0.25, -0.2) is 25.1 Å². The molecular formula is C22H31ClN7O4P. The Balaban J connectivity index is 1.79. The fraction of sp³-hybridized carbons (Fsp3) is 0.455. The van der Waals surface area contributed by atoms with Crippen molar-refractivity contribution in [3.8, 4) is 0 Å². The normalized spacial score (nSPS) is 15.1. The lowest BCUT2D eigenvalue weighted by Gasteiger charge is -2.36. The number of benzene rings is 1. The van der Waals surface area contributed by atoms with Gasteiger partial charge in [0, 0.05) is 10.6 Å². The molecule has 11 nitrogen and oxygen atoms in total. The number of rotatable bonds is 11. The lowest BCUT2D eigenvalue weighted by atomic mass is 9.96. The molecule has 1 aromatic carbocycles. The third-order valence-corrected chi connectivity index (χ3v) is 8.05. The van der Waals surface area contributed by atoms with Gasteiger partial charge in [0.05, 0.1) is 19.0 Å². The monoisotopic (exact) mass is 523 g/mol. The SMILES string of the molecule is C[C@H](Cn1cnc2c(N)ncnc21)OC[P@@](=O)(NC(C)(C)C(=O)O)NC(C)(C)c1ccc(Cl)cc1. The molecule has 3 aromatic rings. The minimum absolute atomic E-state index is 0.258. The summed E-state index contributed by atoms with van der Waals surface area (Å²) in [5, 5.41) is 16.1. The van der Waals surface area contributed by atoms with Crippen LogP contribution in [0.3, 0.4) is 0 Å². The second-order valence-electron chi connectivity index (χ2n) is 9.46.